The van der Waals surface area contributed by atoms with Gasteiger partial charge in [0.1, 0.15) is 5.82 Å². The van der Waals surface area contributed by atoms with Crippen molar-refractivity contribution in [3.63, 3.8) is 0 Å². The molecule has 0 aliphatic carbocycles. The molecule has 28 heavy (non-hydrogen) atoms. The van der Waals surface area contributed by atoms with Gasteiger partial charge in [-0.3, -0.25) is 0 Å². The lowest BCUT2D eigenvalue weighted by Gasteiger charge is -2.40. The van der Waals surface area contributed by atoms with Crippen LogP contribution in [0.25, 0.3) is 0 Å². The molecule has 0 atom stereocenters. The van der Waals surface area contributed by atoms with Crippen LogP contribution in [-0.4, -0.2) is 35.2 Å². The lowest BCUT2D eigenvalue weighted by atomic mass is 9.99. The van der Waals surface area contributed by atoms with Crippen LogP contribution < -0.4 is 0 Å². The summed E-state index contributed by atoms with van der Waals surface area (Å²) in [6.45, 7) is 22.3. The van der Waals surface area contributed by atoms with Crippen LogP contribution in [0.3, 0.4) is 0 Å². The second-order valence-electron chi connectivity index (χ2n) is 7.87. The smallest absolute Gasteiger partial charge is 0.101 e. The molecule has 0 bridgehead atoms. The van der Waals surface area contributed by atoms with Crippen molar-refractivity contribution in [1.29, 1.82) is 0 Å². The van der Waals surface area contributed by atoms with Crippen LogP contribution >= 0.6 is 12.6 Å². The highest BCUT2D eigenvalue weighted by atomic mass is 32.1. The summed E-state index contributed by atoms with van der Waals surface area (Å²) in [6.07, 6.45) is 14.2. The van der Waals surface area contributed by atoms with Crippen LogP contribution in [0.1, 0.15) is 53.9 Å². The molecule has 1 aliphatic heterocycles. The molecule has 2 nitrogen and oxygen atoms in total. The van der Waals surface area contributed by atoms with E-state index in [0.29, 0.717) is 5.75 Å². The first-order chi connectivity index (χ1) is 13.3. The van der Waals surface area contributed by atoms with Crippen LogP contribution in [0.4, 0.5) is 0 Å². The van der Waals surface area contributed by atoms with Crippen molar-refractivity contribution >= 4 is 12.6 Å². The van der Waals surface area contributed by atoms with Crippen LogP contribution in [0.15, 0.2) is 71.8 Å². The summed E-state index contributed by atoms with van der Waals surface area (Å²) >= 11 is 4.49. The first kappa shape index (κ1) is 24.4. The van der Waals surface area contributed by atoms with E-state index in [9.17, 15) is 0 Å². The normalized spacial score (nSPS) is 17.7. The molecule has 0 N–H and O–H groups in total. The maximum atomic E-state index is 4.51. The van der Waals surface area contributed by atoms with Gasteiger partial charge in [-0.1, -0.05) is 68.5 Å². The molecule has 0 amide bonds. The van der Waals surface area contributed by atoms with Crippen molar-refractivity contribution in [1.82, 2.24) is 9.80 Å². The molecule has 3 heteroatoms. The van der Waals surface area contributed by atoms with Crippen LogP contribution in [0.2, 0.25) is 0 Å². The van der Waals surface area contributed by atoms with Crippen molar-refractivity contribution in [2.24, 2.45) is 5.92 Å². The zero-order valence-electron chi connectivity index (χ0n) is 18.7. The predicted molar refractivity (Wildman–Crippen MR) is 130 cm³/mol. The molecular formula is C25H40N2S. The molecule has 0 aromatic carbocycles. The van der Waals surface area contributed by atoms with E-state index in [4.69, 9.17) is 0 Å². The van der Waals surface area contributed by atoms with Gasteiger partial charge in [0.15, 0.2) is 0 Å². The Kier molecular flexibility index (Phi) is 11.1. The minimum Gasteiger partial charge on any atom is -0.358 e. The molecule has 0 aromatic heterocycles. The fraction of sp³-hybridized carbons (Fsp3) is 0.520. The Labute approximate surface area is 179 Å². The average Bonchev–Trinajstić information content (AvgIpc) is 2.68. The van der Waals surface area contributed by atoms with Gasteiger partial charge in [-0.25, -0.2) is 0 Å². The number of hydrogen-bond acceptors (Lipinski definition) is 3. The number of allylic oxidation sites excluding steroid dienone is 6. The third-order valence-corrected chi connectivity index (χ3v) is 5.49. The van der Waals surface area contributed by atoms with Crippen molar-refractivity contribution in [2.75, 3.05) is 25.4 Å². The zero-order valence-corrected chi connectivity index (χ0v) is 19.6. The van der Waals surface area contributed by atoms with Crippen LogP contribution in [0, 0.1) is 5.92 Å². The Hall–Kier alpha value is -1.61. The number of piperidine rings is 1. The summed E-state index contributed by atoms with van der Waals surface area (Å²) in [6, 6.07) is 0. The molecule has 0 radical (unpaired) electrons. The van der Waals surface area contributed by atoms with E-state index in [1.807, 2.05) is 6.08 Å². The van der Waals surface area contributed by atoms with Gasteiger partial charge in [-0.15, -0.1) is 0 Å². The summed E-state index contributed by atoms with van der Waals surface area (Å²) < 4.78 is 0. The number of hydrogen-bond donors (Lipinski definition) is 1. The Morgan fingerprint density at radius 2 is 1.79 bits per heavy atom. The lowest BCUT2D eigenvalue weighted by molar-refractivity contribution is 0.188. The van der Waals surface area contributed by atoms with Gasteiger partial charge in [0.2, 0.25) is 0 Å². The van der Waals surface area contributed by atoms with E-state index < -0.39 is 0 Å². The van der Waals surface area contributed by atoms with Gasteiger partial charge in [0, 0.05) is 31.1 Å². The molecule has 0 saturated carbocycles. The number of nitrogens with zero attached hydrogens (tertiary/aromatic N) is 2. The van der Waals surface area contributed by atoms with Gasteiger partial charge in [-0.05, 0) is 51.5 Å². The van der Waals surface area contributed by atoms with Gasteiger partial charge < -0.3 is 9.80 Å². The van der Waals surface area contributed by atoms with Gasteiger partial charge in [-0.2, -0.15) is 12.6 Å². The van der Waals surface area contributed by atoms with Crippen LogP contribution in [0.5, 0.6) is 0 Å². The summed E-state index contributed by atoms with van der Waals surface area (Å²) in [4.78, 5) is 4.82. The Bertz CT molecular complexity index is 643. The minimum atomic E-state index is 0.712. The third kappa shape index (κ3) is 7.79. The van der Waals surface area contributed by atoms with Gasteiger partial charge in [0.25, 0.3) is 0 Å². The fourth-order valence-corrected chi connectivity index (χ4v) is 3.55. The highest BCUT2D eigenvalue weighted by Crippen LogP contribution is 2.27. The Morgan fingerprint density at radius 1 is 1.14 bits per heavy atom. The largest absolute Gasteiger partial charge is 0.358 e. The summed E-state index contributed by atoms with van der Waals surface area (Å²) in [5, 5.41) is 0. The molecule has 1 heterocycles. The third-order valence-electron chi connectivity index (χ3n) is 5.31. The standard InChI is InChI=1S/C25H40N2S/c1-8-10-23(6)25(15-18-28)27(19-22(5)12-11-20(3)9-2)24(7)26-16-13-21(4)14-17-26/h9-12,15,21,28H,2,7-8,13-14,16-19H2,1,3-6H3/b20-11-,22-12+,23-10-,25-15+. The lowest BCUT2D eigenvalue weighted by Crippen LogP contribution is -2.40. The zero-order chi connectivity index (χ0) is 21.1. The first-order valence-corrected chi connectivity index (χ1v) is 11.1. The first-order valence-electron chi connectivity index (χ1n) is 10.5. The number of rotatable bonds is 10. The van der Waals surface area contributed by atoms with E-state index in [1.165, 1.54) is 35.3 Å². The minimum absolute atomic E-state index is 0.712. The summed E-state index contributed by atoms with van der Waals surface area (Å²) in [5.74, 6) is 2.62. The quantitative estimate of drug-likeness (QED) is 0.320. The number of thiol groups is 1. The molecule has 0 spiro atoms. The fourth-order valence-electron chi connectivity index (χ4n) is 3.38. The predicted octanol–water partition coefficient (Wildman–Crippen LogP) is 6.74. The second-order valence-corrected chi connectivity index (χ2v) is 8.23. The molecular weight excluding hydrogens is 360 g/mol. The average molecular weight is 401 g/mol. The maximum absolute atomic E-state index is 4.51. The summed E-state index contributed by atoms with van der Waals surface area (Å²) in [7, 11) is 0. The SMILES string of the molecule is C=C/C(C)=C\C=C(/C)CN(C(=C)N1CCC(C)CC1)C(=C/CS)/C(C)=C\CC. The molecule has 0 unspecified atom stereocenters. The monoisotopic (exact) mass is 400 g/mol. The van der Waals surface area contributed by atoms with E-state index in [-0.39, 0.29) is 0 Å². The molecule has 0 aromatic rings. The van der Waals surface area contributed by atoms with E-state index >= 15 is 0 Å². The van der Waals surface area contributed by atoms with Crippen molar-refractivity contribution in [2.45, 2.75) is 53.9 Å². The maximum Gasteiger partial charge on any atom is 0.101 e. The van der Waals surface area contributed by atoms with E-state index in [1.54, 1.807) is 0 Å². The second kappa shape index (κ2) is 12.8. The van der Waals surface area contributed by atoms with Crippen molar-refractivity contribution < 1.29 is 0 Å². The van der Waals surface area contributed by atoms with Crippen molar-refractivity contribution in [3.05, 3.63) is 71.8 Å². The molecule has 1 rings (SSSR count). The van der Waals surface area contributed by atoms with E-state index in [2.05, 4.69) is 94.5 Å². The molecule has 1 aliphatic rings. The molecule has 1 saturated heterocycles. The highest BCUT2D eigenvalue weighted by molar-refractivity contribution is 7.80. The number of likely N-dealkylation sites (tertiary alicyclic amines) is 1. The van der Waals surface area contributed by atoms with Gasteiger partial charge in [0.05, 0.1) is 0 Å². The molecule has 1 fully saturated rings. The Balaban J connectivity index is 3.21. The Morgan fingerprint density at radius 3 is 2.32 bits per heavy atom. The van der Waals surface area contributed by atoms with Crippen molar-refractivity contribution in [3.8, 4) is 0 Å². The highest BCUT2D eigenvalue weighted by Gasteiger charge is 2.23. The summed E-state index contributed by atoms with van der Waals surface area (Å²) in [5.41, 5.74) is 4.97. The van der Waals surface area contributed by atoms with Crippen LogP contribution in [-0.2, 0) is 0 Å². The molecule has 156 valence electrons. The van der Waals surface area contributed by atoms with E-state index in [0.717, 1.165) is 37.8 Å². The topological polar surface area (TPSA) is 6.48 Å². The van der Waals surface area contributed by atoms with Gasteiger partial charge >= 0.3 is 0 Å².